The third kappa shape index (κ3) is 2.56. The fourth-order valence-corrected chi connectivity index (χ4v) is 3.07. The summed E-state index contributed by atoms with van der Waals surface area (Å²) in [7, 11) is 0. The largest absolute Gasteiger partial charge is 0.476 e. The van der Waals surface area contributed by atoms with Gasteiger partial charge in [0.2, 0.25) is 5.88 Å². The zero-order valence-electron chi connectivity index (χ0n) is 11.9. The number of fused-ring (bicyclic) bond motifs is 1. The van der Waals surface area contributed by atoms with E-state index >= 15 is 0 Å². The van der Waals surface area contributed by atoms with Gasteiger partial charge in [0.1, 0.15) is 11.6 Å². The molecule has 3 heteroatoms. The summed E-state index contributed by atoms with van der Waals surface area (Å²) in [6.07, 6.45) is 9.86. The second kappa shape index (κ2) is 5.66. The smallest absolute Gasteiger partial charge is 0.231 e. The molecule has 0 saturated carbocycles. The van der Waals surface area contributed by atoms with Crippen LogP contribution in [-0.4, -0.2) is 11.6 Å². The molecular formula is C17H20N2O. The first-order valence-corrected chi connectivity index (χ1v) is 7.48. The Morgan fingerprint density at radius 1 is 1.35 bits per heavy atom. The van der Waals surface area contributed by atoms with Crippen molar-refractivity contribution in [3.63, 3.8) is 0 Å². The van der Waals surface area contributed by atoms with Gasteiger partial charge >= 0.3 is 0 Å². The minimum atomic E-state index is 0.529. The van der Waals surface area contributed by atoms with Crippen LogP contribution in [0.5, 0.6) is 5.88 Å². The lowest BCUT2D eigenvalue weighted by Gasteiger charge is -2.25. The Balaban J connectivity index is 1.74. The minimum absolute atomic E-state index is 0.529. The van der Waals surface area contributed by atoms with Gasteiger partial charge in [-0.1, -0.05) is 19.1 Å². The summed E-state index contributed by atoms with van der Waals surface area (Å²) >= 11 is 0. The molecule has 0 aromatic carbocycles. The van der Waals surface area contributed by atoms with Gasteiger partial charge in [0.05, 0.1) is 6.61 Å². The quantitative estimate of drug-likeness (QED) is 0.789. The van der Waals surface area contributed by atoms with Crippen LogP contribution in [-0.2, 0) is 12.8 Å². The van der Waals surface area contributed by atoms with Gasteiger partial charge in [-0.2, -0.15) is 5.26 Å². The lowest BCUT2D eigenvalue weighted by atomic mass is 9.85. The molecule has 3 rings (SSSR count). The molecule has 20 heavy (non-hydrogen) atoms. The maximum Gasteiger partial charge on any atom is 0.231 e. The van der Waals surface area contributed by atoms with E-state index in [1.807, 2.05) is 6.07 Å². The van der Waals surface area contributed by atoms with Gasteiger partial charge in [0.15, 0.2) is 0 Å². The van der Waals surface area contributed by atoms with E-state index in [1.54, 1.807) is 0 Å². The lowest BCUT2D eigenvalue weighted by Crippen LogP contribution is -2.21. The van der Waals surface area contributed by atoms with E-state index in [9.17, 15) is 5.26 Å². The summed E-state index contributed by atoms with van der Waals surface area (Å²) in [5.41, 5.74) is 2.93. The number of hydrogen-bond acceptors (Lipinski definition) is 3. The van der Waals surface area contributed by atoms with Gasteiger partial charge in [0.25, 0.3) is 0 Å². The van der Waals surface area contributed by atoms with Crippen molar-refractivity contribution in [3.8, 4) is 11.9 Å². The molecule has 2 atom stereocenters. The van der Waals surface area contributed by atoms with Crippen molar-refractivity contribution in [3.05, 3.63) is 35.0 Å². The Bertz CT molecular complexity index is 571. The second-order valence-electron chi connectivity index (χ2n) is 5.90. The van der Waals surface area contributed by atoms with E-state index in [-0.39, 0.29) is 0 Å². The number of ether oxygens (including phenoxy) is 1. The van der Waals surface area contributed by atoms with E-state index in [2.05, 4.69) is 30.1 Å². The normalized spacial score (nSPS) is 24.2. The highest BCUT2D eigenvalue weighted by molar-refractivity contribution is 5.44. The molecule has 1 heterocycles. The highest BCUT2D eigenvalue weighted by Gasteiger charge is 2.21. The highest BCUT2D eigenvalue weighted by Crippen LogP contribution is 2.29. The number of allylic oxidation sites excluding steroid dienone is 2. The molecule has 0 spiro atoms. The maximum atomic E-state index is 9.26. The van der Waals surface area contributed by atoms with E-state index < -0.39 is 0 Å². The average Bonchev–Trinajstić information content (AvgIpc) is 2.92. The third-order valence-corrected chi connectivity index (χ3v) is 4.49. The van der Waals surface area contributed by atoms with E-state index in [0.29, 0.717) is 29.9 Å². The van der Waals surface area contributed by atoms with Crippen LogP contribution in [0.1, 0.15) is 43.0 Å². The molecule has 0 bridgehead atoms. The number of aromatic nitrogens is 1. The molecule has 104 valence electrons. The standard InChI is InChI=1S/C17H20N2O/c1-12-5-2-3-6-14(12)11-20-17-15(10-18)9-13-7-4-8-16(13)19-17/h2-3,9,12,14H,4-8,11H2,1H3. The number of nitrogens with zero attached hydrogens (tertiary/aromatic N) is 2. The van der Waals surface area contributed by atoms with Crippen molar-refractivity contribution in [1.29, 1.82) is 5.26 Å². The Morgan fingerprint density at radius 3 is 3.00 bits per heavy atom. The second-order valence-corrected chi connectivity index (χ2v) is 5.90. The molecule has 2 unspecified atom stereocenters. The molecule has 0 fully saturated rings. The van der Waals surface area contributed by atoms with Crippen molar-refractivity contribution >= 4 is 0 Å². The lowest BCUT2D eigenvalue weighted by molar-refractivity contribution is 0.192. The van der Waals surface area contributed by atoms with Gasteiger partial charge in [-0.05, 0) is 55.6 Å². The Labute approximate surface area is 120 Å². The first-order chi connectivity index (χ1) is 9.78. The molecule has 0 saturated heterocycles. The monoisotopic (exact) mass is 268 g/mol. The topological polar surface area (TPSA) is 45.9 Å². The Morgan fingerprint density at radius 2 is 2.20 bits per heavy atom. The van der Waals surface area contributed by atoms with Gasteiger partial charge in [-0.25, -0.2) is 4.98 Å². The fourth-order valence-electron chi connectivity index (χ4n) is 3.07. The van der Waals surface area contributed by atoms with Crippen LogP contribution in [0, 0.1) is 23.2 Å². The molecule has 2 aliphatic carbocycles. The van der Waals surface area contributed by atoms with Gasteiger partial charge in [-0.3, -0.25) is 0 Å². The van der Waals surface area contributed by atoms with E-state index in [0.717, 1.165) is 37.8 Å². The minimum Gasteiger partial charge on any atom is -0.476 e. The summed E-state index contributed by atoms with van der Waals surface area (Å²) in [6, 6.07) is 4.19. The number of pyridine rings is 1. The van der Waals surface area contributed by atoms with E-state index in [4.69, 9.17) is 4.74 Å². The molecule has 1 aromatic rings. The first kappa shape index (κ1) is 13.2. The molecule has 0 amide bonds. The van der Waals surface area contributed by atoms with Crippen LogP contribution in [0.25, 0.3) is 0 Å². The van der Waals surface area contributed by atoms with E-state index in [1.165, 1.54) is 5.56 Å². The van der Waals surface area contributed by atoms with Crippen LogP contribution >= 0.6 is 0 Å². The van der Waals surface area contributed by atoms with Crippen molar-refractivity contribution < 1.29 is 4.74 Å². The summed E-state index contributed by atoms with van der Waals surface area (Å²) in [5.74, 6) is 1.71. The molecular weight excluding hydrogens is 248 g/mol. The average molecular weight is 268 g/mol. The Kier molecular flexibility index (Phi) is 3.73. The predicted molar refractivity (Wildman–Crippen MR) is 77.5 cm³/mol. The third-order valence-electron chi connectivity index (χ3n) is 4.49. The summed E-state index contributed by atoms with van der Waals surface area (Å²) in [6.45, 7) is 2.92. The Hall–Kier alpha value is -1.82. The molecule has 2 aliphatic rings. The van der Waals surface area contributed by atoms with Gasteiger partial charge < -0.3 is 4.74 Å². The molecule has 0 N–H and O–H groups in total. The number of aryl methyl sites for hydroxylation is 2. The van der Waals surface area contributed by atoms with Crippen LogP contribution in [0.3, 0.4) is 0 Å². The molecule has 1 aromatic heterocycles. The number of nitriles is 1. The van der Waals surface area contributed by atoms with Gasteiger partial charge in [0, 0.05) is 5.69 Å². The van der Waals surface area contributed by atoms with Crippen molar-refractivity contribution in [2.45, 2.75) is 39.0 Å². The van der Waals surface area contributed by atoms with Crippen LogP contribution in [0.15, 0.2) is 18.2 Å². The zero-order chi connectivity index (χ0) is 13.9. The zero-order valence-corrected chi connectivity index (χ0v) is 11.9. The maximum absolute atomic E-state index is 9.26. The van der Waals surface area contributed by atoms with Gasteiger partial charge in [-0.15, -0.1) is 0 Å². The SMILES string of the molecule is CC1CC=CCC1COc1nc2c(cc1C#N)CCC2. The van der Waals surface area contributed by atoms with Crippen molar-refractivity contribution in [2.24, 2.45) is 11.8 Å². The first-order valence-electron chi connectivity index (χ1n) is 7.48. The summed E-state index contributed by atoms with van der Waals surface area (Å²) in [4.78, 5) is 4.57. The molecule has 3 nitrogen and oxygen atoms in total. The molecule has 0 aliphatic heterocycles. The van der Waals surface area contributed by atoms with Crippen molar-refractivity contribution in [2.75, 3.05) is 6.61 Å². The van der Waals surface area contributed by atoms with Crippen molar-refractivity contribution in [1.82, 2.24) is 4.98 Å². The fraction of sp³-hybridized carbons (Fsp3) is 0.529. The van der Waals surface area contributed by atoms with Crippen LogP contribution in [0.2, 0.25) is 0 Å². The summed E-state index contributed by atoms with van der Waals surface area (Å²) < 4.78 is 5.90. The number of hydrogen-bond donors (Lipinski definition) is 0. The number of rotatable bonds is 3. The molecule has 0 radical (unpaired) electrons. The predicted octanol–water partition coefficient (Wildman–Crippen LogP) is 3.42. The van der Waals surface area contributed by atoms with Crippen LogP contribution < -0.4 is 4.74 Å². The van der Waals surface area contributed by atoms with Crippen LogP contribution in [0.4, 0.5) is 0 Å². The highest BCUT2D eigenvalue weighted by atomic mass is 16.5. The summed E-state index contributed by atoms with van der Waals surface area (Å²) in [5, 5.41) is 9.26.